The number of halogens is 1. The second kappa shape index (κ2) is 4.90. The first kappa shape index (κ1) is 10.8. The molecule has 82 valence electrons. The topological polar surface area (TPSA) is 46.1 Å². The van der Waals surface area contributed by atoms with Crippen molar-refractivity contribution in [2.45, 2.75) is 25.3 Å². The number of likely N-dealkylation sites (tertiary alicyclic amines) is 1. The maximum Gasteiger partial charge on any atom is 0.275 e. The maximum absolute atomic E-state index is 12.0. The molecular formula is C9H12ClN3OS. The van der Waals surface area contributed by atoms with Crippen LogP contribution in [-0.2, 0) is 0 Å². The Morgan fingerprint density at radius 1 is 1.67 bits per heavy atom. The summed E-state index contributed by atoms with van der Waals surface area (Å²) in [4.78, 5) is 13.8. The van der Waals surface area contributed by atoms with E-state index < -0.39 is 0 Å². The molecule has 4 nitrogen and oxygen atoms in total. The fourth-order valence-electron chi connectivity index (χ4n) is 1.83. The number of amides is 1. The molecule has 1 amide bonds. The number of carbonyl (C=O) groups is 1. The van der Waals surface area contributed by atoms with Crippen LogP contribution in [0, 0.1) is 0 Å². The van der Waals surface area contributed by atoms with Gasteiger partial charge in [-0.3, -0.25) is 4.79 Å². The fourth-order valence-corrected chi connectivity index (χ4v) is 2.58. The number of aromatic nitrogens is 2. The Kier molecular flexibility index (Phi) is 3.53. The normalized spacial score (nSPS) is 21.7. The summed E-state index contributed by atoms with van der Waals surface area (Å²) in [6.07, 6.45) is 3.19. The van der Waals surface area contributed by atoms with Crippen molar-refractivity contribution in [2.75, 3.05) is 12.4 Å². The summed E-state index contributed by atoms with van der Waals surface area (Å²) in [5.41, 5.74) is 0.442. The van der Waals surface area contributed by atoms with Crippen LogP contribution in [0.5, 0.6) is 0 Å². The molecule has 2 rings (SSSR count). The molecule has 0 spiro atoms. The summed E-state index contributed by atoms with van der Waals surface area (Å²) in [7, 11) is 0. The second-order valence-electron chi connectivity index (χ2n) is 3.59. The molecule has 1 aromatic rings. The molecule has 1 aliphatic heterocycles. The van der Waals surface area contributed by atoms with E-state index in [1.165, 1.54) is 11.5 Å². The van der Waals surface area contributed by atoms with Gasteiger partial charge in [-0.15, -0.1) is 16.7 Å². The van der Waals surface area contributed by atoms with Gasteiger partial charge in [-0.1, -0.05) is 4.49 Å². The third-order valence-corrected chi connectivity index (χ3v) is 3.51. The number of hydrogen-bond acceptors (Lipinski definition) is 4. The average molecular weight is 246 g/mol. The van der Waals surface area contributed by atoms with E-state index in [0.717, 1.165) is 25.8 Å². The van der Waals surface area contributed by atoms with Crippen molar-refractivity contribution < 1.29 is 4.79 Å². The van der Waals surface area contributed by atoms with Crippen molar-refractivity contribution in [3.63, 3.8) is 0 Å². The van der Waals surface area contributed by atoms with E-state index in [9.17, 15) is 4.79 Å². The highest BCUT2D eigenvalue weighted by Crippen LogP contribution is 2.20. The number of hydrogen-bond donors (Lipinski definition) is 0. The first-order chi connectivity index (χ1) is 7.33. The van der Waals surface area contributed by atoms with Gasteiger partial charge in [0.05, 0.1) is 0 Å². The first-order valence-electron chi connectivity index (χ1n) is 4.97. The van der Waals surface area contributed by atoms with Crippen LogP contribution in [-0.4, -0.2) is 38.9 Å². The molecule has 6 heteroatoms. The monoisotopic (exact) mass is 245 g/mol. The Balaban J connectivity index is 2.11. The molecule has 0 N–H and O–H groups in total. The molecule has 2 heterocycles. The molecule has 0 bridgehead atoms. The minimum atomic E-state index is -0.0332. The van der Waals surface area contributed by atoms with E-state index in [2.05, 4.69) is 9.59 Å². The lowest BCUT2D eigenvalue weighted by Crippen LogP contribution is -2.44. The van der Waals surface area contributed by atoms with E-state index in [1.54, 1.807) is 5.38 Å². The Hall–Kier alpha value is -0.680. The van der Waals surface area contributed by atoms with Crippen molar-refractivity contribution in [1.82, 2.24) is 14.5 Å². The summed E-state index contributed by atoms with van der Waals surface area (Å²) in [6, 6.07) is 0.162. The third-order valence-electron chi connectivity index (χ3n) is 2.65. The molecule has 1 unspecified atom stereocenters. The molecule has 0 aliphatic carbocycles. The van der Waals surface area contributed by atoms with E-state index in [0.29, 0.717) is 11.6 Å². The molecule has 1 saturated heterocycles. The van der Waals surface area contributed by atoms with Crippen LogP contribution < -0.4 is 0 Å². The molecule has 0 aromatic carbocycles. The Bertz CT molecular complexity index is 330. The molecular weight excluding hydrogens is 234 g/mol. The standard InChI is InChI=1S/C9H12ClN3OS/c10-5-7-3-1-2-4-13(7)9(14)8-6-15-12-11-8/h6-7H,1-5H2. The molecule has 1 aromatic heterocycles. The number of nitrogens with zero attached hydrogens (tertiary/aromatic N) is 3. The summed E-state index contributed by atoms with van der Waals surface area (Å²) in [5.74, 6) is 0.470. The molecule has 1 aliphatic rings. The summed E-state index contributed by atoms with van der Waals surface area (Å²) in [6.45, 7) is 0.785. The van der Waals surface area contributed by atoms with Crippen LogP contribution in [0.15, 0.2) is 5.38 Å². The predicted octanol–water partition coefficient (Wildman–Crippen LogP) is 1.77. The lowest BCUT2D eigenvalue weighted by molar-refractivity contribution is 0.0633. The summed E-state index contributed by atoms with van der Waals surface area (Å²) < 4.78 is 3.70. The van der Waals surface area contributed by atoms with Crippen LogP contribution in [0.1, 0.15) is 29.8 Å². The minimum Gasteiger partial charge on any atom is -0.333 e. The number of rotatable bonds is 2. The highest BCUT2D eigenvalue weighted by molar-refractivity contribution is 7.03. The van der Waals surface area contributed by atoms with Crippen molar-refractivity contribution in [3.05, 3.63) is 11.1 Å². The lowest BCUT2D eigenvalue weighted by atomic mass is 10.0. The van der Waals surface area contributed by atoms with E-state index in [-0.39, 0.29) is 11.9 Å². The van der Waals surface area contributed by atoms with Gasteiger partial charge in [0.1, 0.15) is 0 Å². The quantitative estimate of drug-likeness (QED) is 0.746. The van der Waals surface area contributed by atoms with Gasteiger partial charge < -0.3 is 4.90 Å². The highest BCUT2D eigenvalue weighted by atomic mass is 35.5. The van der Waals surface area contributed by atoms with Crippen LogP contribution in [0.4, 0.5) is 0 Å². The lowest BCUT2D eigenvalue weighted by Gasteiger charge is -2.33. The second-order valence-corrected chi connectivity index (χ2v) is 4.51. The third kappa shape index (κ3) is 2.29. The van der Waals surface area contributed by atoms with Crippen LogP contribution in [0.3, 0.4) is 0 Å². The zero-order chi connectivity index (χ0) is 10.7. The smallest absolute Gasteiger partial charge is 0.275 e. The highest BCUT2D eigenvalue weighted by Gasteiger charge is 2.27. The number of alkyl halides is 1. The van der Waals surface area contributed by atoms with Crippen molar-refractivity contribution >= 4 is 29.0 Å². The molecule has 0 radical (unpaired) electrons. The van der Waals surface area contributed by atoms with E-state index in [4.69, 9.17) is 11.6 Å². The van der Waals surface area contributed by atoms with Gasteiger partial charge in [0.15, 0.2) is 5.69 Å². The molecule has 1 fully saturated rings. The van der Waals surface area contributed by atoms with Gasteiger partial charge >= 0.3 is 0 Å². The van der Waals surface area contributed by atoms with Gasteiger partial charge in [-0.05, 0) is 30.8 Å². The van der Waals surface area contributed by atoms with Crippen molar-refractivity contribution in [3.8, 4) is 0 Å². The zero-order valence-electron chi connectivity index (χ0n) is 8.23. The van der Waals surface area contributed by atoms with Gasteiger partial charge in [0.25, 0.3) is 5.91 Å². The SMILES string of the molecule is O=C(c1csnn1)N1CCCCC1CCl. The van der Waals surface area contributed by atoms with Crippen LogP contribution in [0.25, 0.3) is 0 Å². The Morgan fingerprint density at radius 3 is 3.20 bits per heavy atom. The summed E-state index contributed by atoms with van der Waals surface area (Å²) in [5, 5.41) is 5.48. The van der Waals surface area contributed by atoms with E-state index >= 15 is 0 Å². The summed E-state index contributed by atoms with van der Waals surface area (Å²) >= 11 is 7.05. The molecule has 0 saturated carbocycles. The molecule has 1 atom stereocenters. The van der Waals surface area contributed by atoms with Crippen LogP contribution in [0.2, 0.25) is 0 Å². The Morgan fingerprint density at radius 2 is 2.53 bits per heavy atom. The van der Waals surface area contributed by atoms with Crippen molar-refractivity contribution in [2.24, 2.45) is 0 Å². The first-order valence-corrected chi connectivity index (χ1v) is 6.34. The largest absolute Gasteiger partial charge is 0.333 e. The van der Waals surface area contributed by atoms with Crippen molar-refractivity contribution in [1.29, 1.82) is 0 Å². The number of carbonyl (C=O) groups excluding carboxylic acids is 1. The predicted molar refractivity (Wildman–Crippen MR) is 59.3 cm³/mol. The average Bonchev–Trinajstić information content (AvgIpc) is 2.81. The Labute approximate surface area is 97.4 Å². The van der Waals surface area contributed by atoms with Gasteiger partial charge in [0, 0.05) is 23.8 Å². The fraction of sp³-hybridized carbons (Fsp3) is 0.667. The molecule has 15 heavy (non-hydrogen) atoms. The van der Waals surface area contributed by atoms with Gasteiger partial charge in [-0.25, -0.2) is 0 Å². The number of piperidine rings is 1. The zero-order valence-corrected chi connectivity index (χ0v) is 9.80. The minimum absolute atomic E-state index is 0.0332. The maximum atomic E-state index is 12.0. The van der Waals surface area contributed by atoms with Gasteiger partial charge in [0.2, 0.25) is 0 Å². The van der Waals surface area contributed by atoms with Crippen LogP contribution >= 0.6 is 23.1 Å². The van der Waals surface area contributed by atoms with Gasteiger partial charge in [-0.2, -0.15) is 0 Å². The van der Waals surface area contributed by atoms with E-state index in [1.807, 2.05) is 4.90 Å².